The Bertz CT molecular complexity index is 571. The molecule has 2 rings (SSSR count). The van der Waals surface area contributed by atoms with Gasteiger partial charge in [0, 0.05) is 6.54 Å². The van der Waals surface area contributed by atoms with E-state index in [2.05, 4.69) is 10.6 Å². The molecule has 0 aliphatic heterocycles. The molecular formula is C15H18N2O4. The van der Waals surface area contributed by atoms with Crippen LogP contribution in [-0.2, 0) is 9.59 Å². The van der Waals surface area contributed by atoms with Crippen molar-refractivity contribution in [1.29, 1.82) is 0 Å². The molecule has 0 aromatic heterocycles. The Kier molecular flexibility index (Phi) is 4.57. The molecule has 112 valence electrons. The first-order valence-electron chi connectivity index (χ1n) is 6.95. The third-order valence-electron chi connectivity index (χ3n) is 3.41. The Morgan fingerprint density at radius 1 is 1.24 bits per heavy atom. The van der Waals surface area contributed by atoms with Gasteiger partial charge in [-0.25, -0.2) is 0 Å². The number of aliphatic carboxylic acids is 1. The molecule has 21 heavy (non-hydrogen) atoms. The van der Waals surface area contributed by atoms with Crippen molar-refractivity contribution in [2.24, 2.45) is 11.8 Å². The van der Waals surface area contributed by atoms with Crippen LogP contribution in [0.1, 0.15) is 30.1 Å². The van der Waals surface area contributed by atoms with Gasteiger partial charge in [0.1, 0.15) is 0 Å². The average molecular weight is 290 g/mol. The van der Waals surface area contributed by atoms with Crippen LogP contribution in [0.5, 0.6) is 0 Å². The van der Waals surface area contributed by atoms with Crippen LogP contribution in [-0.4, -0.2) is 29.4 Å². The predicted molar refractivity (Wildman–Crippen MR) is 76.9 cm³/mol. The van der Waals surface area contributed by atoms with E-state index in [1.807, 2.05) is 6.92 Å². The number of carbonyl (C=O) groups is 3. The number of carboxylic acids is 1. The third-order valence-corrected chi connectivity index (χ3v) is 3.41. The van der Waals surface area contributed by atoms with E-state index in [4.69, 9.17) is 5.11 Å². The standard InChI is InChI=1S/C15H18N2O4/c1-2-7-16-13(18)9-5-3-4-6-12(9)17-14(19)10-8-11(10)15(20)21/h3-6,10-11H,2,7-8H2,1H3,(H,16,18)(H,17,19)(H,20,21)/t10-,11+/m1/s1. The van der Waals surface area contributed by atoms with E-state index in [1.165, 1.54) is 0 Å². The van der Waals surface area contributed by atoms with Gasteiger partial charge in [-0.05, 0) is 25.0 Å². The fourth-order valence-electron chi connectivity index (χ4n) is 2.11. The summed E-state index contributed by atoms with van der Waals surface area (Å²) in [6, 6.07) is 6.70. The monoisotopic (exact) mass is 290 g/mol. The fourth-order valence-corrected chi connectivity index (χ4v) is 2.11. The van der Waals surface area contributed by atoms with Gasteiger partial charge >= 0.3 is 5.97 Å². The SMILES string of the molecule is CCCNC(=O)c1ccccc1NC(=O)[C@@H]1C[C@@H]1C(=O)O. The van der Waals surface area contributed by atoms with Crippen molar-refractivity contribution in [3.05, 3.63) is 29.8 Å². The van der Waals surface area contributed by atoms with Gasteiger partial charge < -0.3 is 15.7 Å². The zero-order chi connectivity index (χ0) is 15.4. The first-order chi connectivity index (χ1) is 10.0. The molecule has 0 unspecified atom stereocenters. The van der Waals surface area contributed by atoms with Crippen LogP contribution in [0.15, 0.2) is 24.3 Å². The van der Waals surface area contributed by atoms with Gasteiger partial charge in [-0.2, -0.15) is 0 Å². The highest BCUT2D eigenvalue weighted by Gasteiger charge is 2.48. The van der Waals surface area contributed by atoms with Gasteiger partial charge in [0.2, 0.25) is 5.91 Å². The Balaban J connectivity index is 2.05. The van der Waals surface area contributed by atoms with E-state index >= 15 is 0 Å². The molecule has 0 spiro atoms. The zero-order valence-corrected chi connectivity index (χ0v) is 11.8. The Hall–Kier alpha value is -2.37. The lowest BCUT2D eigenvalue weighted by Crippen LogP contribution is -2.26. The van der Waals surface area contributed by atoms with Crippen molar-refractivity contribution in [2.45, 2.75) is 19.8 Å². The molecule has 2 atom stereocenters. The summed E-state index contributed by atoms with van der Waals surface area (Å²) in [5.41, 5.74) is 0.791. The summed E-state index contributed by atoms with van der Waals surface area (Å²) in [7, 11) is 0. The lowest BCUT2D eigenvalue weighted by Gasteiger charge is -2.11. The fraction of sp³-hybridized carbons (Fsp3) is 0.400. The Morgan fingerprint density at radius 3 is 2.57 bits per heavy atom. The molecule has 2 amide bonds. The molecule has 0 heterocycles. The number of para-hydroxylation sites is 1. The molecule has 3 N–H and O–H groups in total. The number of rotatable bonds is 6. The van der Waals surface area contributed by atoms with Crippen LogP contribution in [0.25, 0.3) is 0 Å². The molecular weight excluding hydrogens is 272 g/mol. The third kappa shape index (κ3) is 3.59. The van der Waals surface area contributed by atoms with Crippen LogP contribution < -0.4 is 10.6 Å². The number of nitrogens with one attached hydrogen (secondary N) is 2. The maximum absolute atomic E-state index is 12.0. The van der Waals surface area contributed by atoms with E-state index in [1.54, 1.807) is 24.3 Å². The van der Waals surface area contributed by atoms with Crippen molar-refractivity contribution >= 4 is 23.5 Å². The summed E-state index contributed by atoms with van der Waals surface area (Å²) in [6.45, 7) is 2.51. The maximum atomic E-state index is 12.0. The minimum Gasteiger partial charge on any atom is -0.481 e. The molecule has 0 saturated heterocycles. The molecule has 1 aliphatic carbocycles. The lowest BCUT2D eigenvalue weighted by atomic mass is 10.1. The number of anilines is 1. The predicted octanol–water partition coefficient (Wildman–Crippen LogP) is 1.49. The number of hydrogen-bond donors (Lipinski definition) is 3. The van der Waals surface area contributed by atoms with Gasteiger partial charge in [0.05, 0.1) is 23.1 Å². The summed E-state index contributed by atoms with van der Waals surface area (Å²) in [4.78, 5) is 34.8. The molecule has 0 radical (unpaired) electrons. The van der Waals surface area contributed by atoms with Gasteiger partial charge in [-0.3, -0.25) is 14.4 Å². The van der Waals surface area contributed by atoms with Gasteiger partial charge in [0.25, 0.3) is 5.91 Å². The highest BCUT2D eigenvalue weighted by Crippen LogP contribution is 2.39. The van der Waals surface area contributed by atoms with Crippen LogP contribution in [0.4, 0.5) is 5.69 Å². The van der Waals surface area contributed by atoms with Crippen LogP contribution in [0.3, 0.4) is 0 Å². The zero-order valence-electron chi connectivity index (χ0n) is 11.8. The van der Waals surface area contributed by atoms with E-state index in [9.17, 15) is 14.4 Å². The summed E-state index contributed by atoms with van der Waals surface area (Å²) in [6.07, 6.45) is 1.17. The van der Waals surface area contributed by atoms with Crippen LogP contribution in [0.2, 0.25) is 0 Å². The number of benzene rings is 1. The first-order valence-corrected chi connectivity index (χ1v) is 6.95. The van der Waals surface area contributed by atoms with E-state index < -0.39 is 17.8 Å². The van der Waals surface area contributed by atoms with Crippen molar-refractivity contribution in [2.75, 3.05) is 11.9 Å². The summed E-state index contributed by atoms with van der Waals surface area (Å²) in [5.74, 6) is -2.67. The topological polar surface area (TPSA) is 95.5 Å². The highest BCUT2D eigenvalue weighted by molar-refractivity contribution is 6.05. The summed E-state index contributed by atoms with van der Waals surface area (Å²) in [5, 5.41) is 14.2. The normalized spacial score (nSPS) is 19.7. The van der Waals surface area contributed by atoms with Gasteiger partial charge in [-0.1, -0.05) is 19.1 Å². The molecule has 1 aromatic carbocycles. The van der Waals surface area contributed by atoms with Crippen molar-refractivity contribution in [3.8, 4) is 0 Å². The quantitative estimate of drug-likeness (QED) is 0.739. The minimum atomic E-state index is -0.955. The molecule has 1 aromatic rings. The first kappa shape index (κ1) is 15.0. The van der Waals surface area contributed by atoms with E-state index in [-0.39, 0.29) is 11.8 Å². The summed E-state index contributed by atoms with van der Waals surface area (Å²) >= 11 is 0. The number of carbonyl (C=O) groups excluding carboxylic acids is 2. The average Bonchev–Trinajstić information content (AvgIpc) is 3.26. The summed E-state index contributed by atoms with van der Waals surface area (Å²) < 4.78 is 0. The highest BCUT2D eigenvalue weighted by atomic mass is 16.4. The van der Waals surface area contributed by atoms with Gasteiger partial charge in [-0.15, -0.1) is 0 Å². The molecule has 1 fully saturated rings. The van der Waals surface area contributed by atoms with E-state index in [0.717, 1.165) is 6.42 Å². The maximum Gasteiger partial charge on any atom is 0.307 e. The van der Waals surface area contributed by atoms with Crippen molar-refractivity contribution in [3.63, 3.8) is 0 Å². The van der Waals surface area contributed by atoms with Crippen LogP contribution in [0, 0.1) is 11.8 Å². The molecule has 1 aliphatic rings. The molecule has 6 nitrogen and oxygen atoms in total. The van der Waals surface area contributed by atoms with Crippen LogP contribution >= 0.6 is 0 Å². The smallest absolute Gasteiger partial charge is 0.307 e. The molecule has 1 saturated carbocycles. The Morgan fingerprint density at radius 2 is 1.95 bits per heavy atom. The minimum absolute atomic E-state index is 0.252. The number of hydrogen-bond acceptors (Lipinski definition) is 3. The lowest BCUT2D eigenvalue weighted by molar-refractivity contribution is -0.139. The second-order valence-corrected chi connectivity index (χ2v) is 5.08. The Labute approximate surface area is 122 Å². The molecule has 0 bridgehead atoms. The van der Waals surface area contributed by atoms with Crippen molar-refractivity contribution in [1.82, 2.24) is 5.32 Å². The molecule has 6 heteroatoms. The largest absolute Gasteiger partial charge is 0.481 e. The van der Waals surface area contributed by atoms with Crippen molar-refractivity contribution < 1.29 is 19.5 Å². The number of carboxylic acid groups (broad SMARTS) is 1. The second-order valence-electron chi connectivity index (χ2n) is 5.08. The van der Waals surface area contributed by atoms with E-state index in [0.29, 0.717) is 24.2 Å². The van der Waals surface area contributed by atoms with Gasteiger partial charge in [0.15, 0.2) is 0 Å². The second kappa shape index (κ2) is 6.39. The number of amides is 2.